The summed E-state index contributed by atoms with van der Waals surface area (Å²) >= 11 is 6.49. The van der Waals surface area contributed by atoms with Crippen LogP contribution in [0.1, 0.15) is 0 Å². The Bertz CT molecular complexity index is 942. The fourth-order valence-corrected chi connectivity index (χ4v) is 2.92. The predicted molar refractivity (Wildman–Crippen MR) is 81.9 cm³/mol. The maximum atomic E-state index is 10.9. The molecule has 1 aromatic heterocycles. The van der Waals surface area contributed by atoms with Crippen molar-refractivity contribution in [3.8, 4) is 11.5 Å². The largest absolute Gasteiger partial charge is 0.486 e. The molecule has 6 nitrogen and oxygen atoms in total. The van der Waals surface area contributed by atoms with Gasteiger partial charge in [0, 0.05) is 17.5 Å². The molecule has 0 amide bonds. The number of non-ortho nitro benzene ring substituents is 1. The molecule has 4 rings (SSSR count). The van der Waals surface area contributed by atoms with Crippen LogP contribution in [-0.4, -0.2) is 23.1 Å². The molecule has 7 heteroatoms. The molecule has 1 aliphatic rings. The van der Waals surface area contributed by atoms with Gasteiger partial charge in [-0.2, -0.15) is 0 Å². The van der Waals surface area contributed by atoms with Crippen LogP contribution in [0, 0.1) is 10.1 Å². The second-order valence-electron chi connectivity index (χ2n) is 4.87. The first kappa shape index (κ1) is 13.1. The number of nitro groups is 1. The van der Waals surface area contributed by atoms with Crippen molar-refractivity contribution in [2.45, 2.75) is 0 Å². The van der Waals surface area contributed by atoms with E-state index in [0.29, 0.717) is 51.5 Å². The van der Waals surface area contributed by atoms with Gasteiger partial charge < -0.3 is 9.47 Å². The third-order valence-electron chi connectivity index (χ3n) is 3.57. The monoisotopic (exact) mass is 316 g/mol. The van der Waals surface area contributed by atoms with Crippen molar-refractivity contribution in [3.63, 3.8) is 0 Å². The zero-order valence-electron chi connectivity index (χ0n) is 11.2. The first-order valence-corrected chi connectivity index (χ1v) is 6.99. The normalized spacial score (nSPS) is 13.5. The van der Waals surface area contributed by atoms with Crippen LogP contribution in [0.2, 0.25) is 5.02 Å². The van der Waals surface area contributed by atoms with Crippen LogP contribution in [0.3, 0.4) is 0 Å². The summed E-state index contributed by atoms with van der Waals surface area (Å²) < 4.78 is 11.2. The van der Waals surface area contributed by atoms with Gasteiger partial charge in [0.25, 0.3) is 5.69 Å². The lowest BCUT2D eigenvalue weighted by Gasteiger charge is -2.20. The number of benzene rings is 2. The summed E-state index contributed by atoms with van der Waals surface area (Å²) in [5.74, 6) is 1.14. The van der Waals surface area contributed by atoms with E-state index in [9.17, 15) is 10.1 Å². The average Bonchev–Trinajstić information content (AvgIpc) is 2.54. The molecular formula is C15H9ClN2O4. The van der Waals surface area contributed by atoms with Crippen molar-refractivity contribution in [3.05, 3.63) is 45.5 Å². The van der Waals surface area contributed by atoms with E-state index in [0.717, 1.165) is 0 Å². The second kappa shape index (κ2) is 4.71. The third-order valence-corrected chi connectivity index (χ3v) is 3.97. The van der Waals surface area contributed by atoms with Crippen LogP contribution in [0.25, 0.3) is 21.8 Å². The summed E-state index contributed by atoms with van der Waals surface area (Å²) in [5.41, 5.74) is 1.23. The van der Waals surface area contributed by atoms with Gasteiger partial charge in [-0.15, -0.1) is 0 Å². The minimum absolute atomic E-state index is 0.0301. The Morgan fingerprint density at radius 2 is 1.91 bits per heavy atom. The van der Waals surface area contributed by atoms with Crippen molar-refractivity contribution in [2.75, 3.05) is 13.2 Å². The van der Waals surface area contributed by atoms with Crippen molar-refractivity contribution < 1.29 is 14.4 Å². The summed E-state index contributed by atoms with van der Waals surface area (Å²) in [6.45, 7) is 0.901. The number of nitro benzene ring substituents is 1. The molecule has 0 saturated carbocycles. The van der Waals surface area contributed by atoms with E-state index < -0.39 is 4.92 Å². The van der Waals surface area contributed by atoms with Gasteiger partial charge in [0.2, 0.25) is 0 Å². The molecule has 0 bridgehead atoms. The molecule has 110 valence electrons. The number of halogens is 1. The molecule has 0 spiro atoms. The fourth-order valence-electron chi connectivity index (χ4n) is 2.59. The number of hydrogen-bond acceptors (Lipinski definition) is 5. The summed E-state index contributed by atoms with van der Waals surface area (Å²) in [5, 5.41) is 12.5. The Morgan fingerprint density at radius 3 is 2.73 bits per heavy atom. The van der Waals surface area contributed by atoms with Crippen LogP contribution >= 0.6 is 11.6 Å². The molecule has 0 unspecified atom stereocenters. The zero-order chi connectivity index (χ0) is 15.3. The summed E-state index contributed by atoms with van der Waals surface area (Å²) in [7, 11) is 0. The van der Waals surface area contributed by atoms with Crippen LogP contribution in [0.4, 0.5) is 5.69 Å². The second-order valence-corrected chi connectivity index (χ2v) is 5.25. The van der Waals surface area contributed by atoms with Crippen molar-refractivity contribution in [2.24, 2.45) is 0 Å². The Morgan fingerprint density at radius 1 is 1.14 bits per heavy atom. The van der Waals surface area contributed by atoms with Gasteiger partial charge in [0.1, 0.15) is 13.2 Å². The van der Waals surface area contributed by atoms with Gasteiger partial charge in [0.15, 0.2) is 11.5 Å². The standard InChI is InChI=1S/C15H9ClN2O4/c16-14-9-7-8(18(19)20)1-2-10(9)17-11-3-4-12-15(13(11)14)22-6-5-21-12/h1-4,7H,5-6H2. The first-order chi connectivity index (χ1) is 10.6. The summed E-state index contributed by atoms with van der Waals surface area (Å²) in [6, 6.07) is 8.02. The van der Waals surface area contributed by atoms with Crippen LogP contribution < -0.4 is 9.47 Å². The molecule has 2 heterocycles. The maximum Gasteiger partial charge on any atom is 0.270 e. The Labute approximate surface area is 129 Å². The smallest absolute Gasteiger partial charge is 0.270 e. The highest BCUT2D eigenvalue weighted by atomic mass is 35.5. The highest BCUT2D eigenvalue weighted by Crippen LogP contribution is 2.43. The van der Waals surface area contributed by atoms with E-state index in [4.69, 9.17) is 21.1 Å². The topological polar surface area (TPSA) is 74.5 Å². The van der Waals surface area contributed by atoms with Gasteiger partial charge in [-0.05, 0) is 18.2 Å². The van der Waals surface area contributed by atoms with E-state index in [1.807, 2.05) is 0 Å². The van der Waals surface area contributed by atoms with Gasteiger partial charge in [-0.1, -0.05) is 11.6 Å². The summed E-state index contributed by atoms with van der Waals surface area (Å²) in [6.07, 6.45) is 0. The van der Waals surface area contributed by atoms with Gasteiger partial charge in [-0.3, -0.25) is 10.1 Å². The van der Waals surface area contributed by atoms with E-state index in [2.05, 4.69) is 4.98 Å². The molecule has 0 N–H and O–H groups in total. The molecule has 3 aromatic rings. The molecule has 0 saturated heterocycles. The Kier molecular flexibility index (Phi) is 2.80. The van der Waals surface area contributed by atoms with Gasteiger partial charge in [-0.25, -0.2) is 4.98 Å². The number of hydrogen-bond donors (Lipinski definition) is 0. The lowest BCUT2D eigenvalue weighted by molar-refractivity contribution is -0.384. The maximum absolute atomic E-state index is 10.9. The lowest BCUT2D eigenvalue weighted by Crippen LogP contribution is -2.15. The lowest BCUT2D eigenvalue weighted by atomic mass is 10.1. The van der Waals surface area contributed by atoms with Gasteiger partial charge >= 0.3 is 0 Å². The molecule has 0 fully saturated rings. The van der Waals surface area contributed by atoms with E-state index in [-0.39, 0.29) is 5.69 Å². The van der Waals surface area contributed by atoms with Crippen LogP contribution in [-0.2, 0) is 0 Å². The molecule has 2 aromatic carbocycles. The quantitative estimate of drug-likeness (QED) is 0.388. The average molecular weight is 317 g/mol. The number of ether oxygens (including phenoxy) is 2. The highest BCUT2D eigenvalue weighted by molar-refractivity contribution is 6.41. The number of pyridine rings is 1. The minimum atomic E-state index is -0.458. The molecule has 0 radical (unpaired) electrons. The molecule has 0 aliphatic carbocycles. The molecule has 22 heavy (non-hydrogen) atoms. The van der Waals surface area contributed by atoms with Crippen molar-refractivity contribution in [1.29, 1.82) is 0 Å². The van der Waals surface area contributed by atoms with Crippen molar-refractivity contribution in [1.82, 2.24) is 4.98 Å². The molecular weight excluding hydrogens is 308 g/mol. The van der Waals surface area contributed by atoms with Crippen LogP contribution in [0.5, 0.6) is 11.5 Å². The van der Waals surface area contributed by atoms with E-state index in [1.54, 1.807) is 18.2 Å². The SMILES string of the molecule is O=[N+]([O-])c1ccc2nc3ccc4c(c3c(Cl)c2c1)OCCO4. The first-order valence-electron chi connectivity index (χ1n) is 6.61. The number of fused-ring (bicyclic) bond motifs is 4. The Balaban J connectivity index is 2.11. The third kappa shape index (κ3) is 1.84. The minimum Gasteiger partial charge on any atom is -0.486 e. The van der Waals surface area contributed by atoms with E-state index in [1.165, 1.54) is 12.1 Å². The van der Waals surface area contributed by atoms with Gasteiger partial charge in [0.05, 0.1) is 26.4 Å². The predicted octanol–water partition coefficient (Wildman–Crippen LogP) is 3.72. The van der Waals surface area contributed by atoms with E-state index >= 15 is 0 Å². The van der Waals surface area contributed by atoms with Crippen LogP contribution in [0.15, 0.2) is 30.3 Å². The number of rotatable bonds is 1. The highest BCUT2D eigenvalue weighted by Gasteiger charge is 2.20. The number of aromatic nitrogens is 1. The number of nitrogens with zero attached hydrogens (tertiary/aromatic N) is 2. The zero-order valence-corrected chi connectivity index (χ0v) is 12.0. The Hall–Kier alpha value is -2.60. The summed E-state index contributed by atoms with van der Waals surface area (Å²) in [4.78, 5) is 15.0. The van der Waals surface area contributed by atoms with Crippen molar-refractivity contribution >= 4 is 39.1 Å². The fraction of sp³-hybridized carbons (Fsp3) is 0.133. The molecule has 1 aliphatic heterocycles. The molecule has 0 atom stereocenters.